The Morgan fingerprint density at radius 3 is 2.51 bits per heavy atom. The lowest BCUT2D eigenvalue weighted by Gasteiger charge is -2.34. The van der Waals surface area contributed by atoms with Crippen LogP contribution in [0.5, 0.6) is 0 Å². The van der Waals surface area contributed by atoms with E-state index in [-0.39, 0.29) is 11.2 Å². The topological polar surface area (TPSA) is 41.4 Å². The summed E-state index contributed by atoms with van der Waals surface area (Å²) >= 11 is -1.05. The van der Waals surface area contributed by atoms with Crippen molar-refractivity contribution in [2.45, 2.75) is 24.7 Å². The molecule has 0 N–H and O–H groups in total. The van der Waals surface area contributed by atoms with Crippen molar-refractivity contribution in [3.63, 3.8) is 0 Å². The van der Waals surface area contributed by atoms with Crippen LogP contribution in [0.15, 0.2) is 72.9 Å². The van der Waals surface area contributed by atoms with Gasteiger partial charge < -0.3 is 0 Å². The third-order valence-electron chi connectivity index (χ3n) is 8.25. The fourth-order valence-corrected chi connectivity index (χ4v) is 7.92. The SMILES string of the molecule is Cc1cc2c(cnn2-c2ccc(F)cc2)cc1C12CN(S(=O)N3CCC3)CC1C2c1ccccc1. The van der Waals surface area contributed by atoms with Crippen LogP contribution in [0, 0.1) is 18.7 Å². The quantitative estimate of drug-likeness (QED) is 0.410. The lowest BCUT2D eigenvalue weighted by molar-refractivity contribution is 0.300. The summed E-state index contributed by atoms with van der Waals surface area (Å²) in [4.78, 5) is 0. The zero-order valence-corrected chi connectivity index (χ0v) is 20.4. The average molecular weight is 487 g/mol. The van der Waals surface area contributed by atoms with Gasteiger partial charge in [0.2, 0.25) is 0 Å². The molecular weight excluding hydrogens is 459 g/mol. The number of hydrogen-bond acceptors (Lipinski definition) is 2. The summed E-state index contributed by atoms with van der Waals surface area (Å²) in [6, 6.07) is 21.7. The number of piperidine rings is 1. The summed E-state index contributed by atoms with van der Waals surface area (Å²) < 4.78 is 32.8. The molecule has 0 amide bonds. The van der Waals surface area contributed by atoms with Crippen molar-refractivity contribution in [2.75, 3.05) is 26.2 Å². The number of aromatic nitrogens is 2. The number of halogens is 1. The van der Waals surface area contributed by atoms with Crippen LogP contribution in [0.2, 0.25) is 0 Å². The molecule has 1 saturated carbocycles. The molecule has 35 heavy (non-hydrogen) atoms. The van der Waals surface area contributed by atoms with Crippen molar-refractivity contribution in [1.29, 1.82) is 0 Å². The lowest BCUT2D eigenvalue weighted by Crippen LogP contribution is -2.46. The zero-order chi connectivity index (χ0) is 23.7. The zero-order valence-electron chi connectivity index (χ0n) is 19.6. The summed E-state index contributed by atoms with van der Waals surface area (Å²) in [6.07, 6.45) is 3.03. The highest BCUT2D eigenvalue weighted by Gasteiger charge is 2.71. The van der Waals surface area contributed by atoms with Crippen LogP contribution in [0.25, 0.3) is 16.6 Å². The molecule has 5 nitrogen and oxygen atoms in total. The third-order valence-corrected chi connectivity index (χ3v) is 9.78. The van der Waals surface area contributed by atoms with Crippen molar-refractivity contribution >= 4 is 22.1 Å². The monoisotopic (exact) mass is 486 g/mol. The van der Waals surface area contributed by atoms with Crippen LogP contribution >= 0.6 is 0 Å². The molecule has 3 aromatic carbocycles. The summed E-state index contributed by atoms with van der Waals surface area (Å²) in [5, 5.41) is 5.70. The van der Waals surface area contributed by atoms with Crippen LogP contribution in [-0.2, 0) is 16.6 Å². The highest BCUT2D eigenvalue weighted by molar-refractivity contribution is 7.80. The minimum absolute atomic E-state index is 0.0435. The van der Waals surface area contributed by atoms with Gasteiger partial charge in [-0.25, -0.2) is 21.9 Å². The molecule has 7 rings (SSSR count). The summed E-state index contributed by atoms with van der Waals surface area (Å²) in [7, 11) is 0. The number of aryl methyl sites for hydroxylation is 1. The van der Waals surface area contributed by atoms with Crippen molar-refractivity contribution < 1.29 is 8.60 Å². The highest BCUT2D eigenvalue weighted by atomic mass is 32.2. The molecule has 0 bridgehead atoms. The van der Waals surface area contributed by atoms with E-state index in [1.54, 1.807) is 12.1 Å². The van der Waals surface area contributed by atoms with Crippen LogP contribution in [0.3, 0.4) is 0 Å². The van der Waals surface area contributed by atoms with Gasteiger partial charge in [-0.2, -0.15) is 5.10 Å². The van der Waals surface area contributed by atoms with Crippen LogP contribution in [-0.4, -0.2) is 48.8 Å². The van der Waals surface area contributed by atoms with E-state index >= 15 is 0 Å². The normalized spacial score (nSPS) is 27.0. The first-order chi connectivity index (χ1) is 17.1. The highest BCUT2D eigenvalue weighted by Crippen LogP contribution is 2.70. The summed E-state index contributed by atoms with van der Waals surface area (Å²) in [6.45, 7) is 5.69. The fourth-order valence-electron chi connectivity index (χ4n) is 6.41. The molecule has 1 aliphatic carbocycles. The minimum Gasteiger partial charge on any atom is -0.233 e. The Kier molecular flexibility index (Phi) is 4.78. The predicted octanol–water partition coefficient (Wildman–Crippen LogP) is 4.72. The largest absolute Gasteiger partial charge is 0.233 e. The lowest BCUT2D eigenvalue weighted by atomic mass is 9.87. The molecule has 3 aliphatic rings. The van der Waals surface area contributed by atoms with Gasteiger partial charge in [-0.15, -0.1) is 0 Å². The van der Waals surface area contributed by atoms with E-state index in [0.717, 1.165) is 49.2 Å². The van der Waals surface area contributed by atoms with Gasteiger partial charge in [-0.3, -0.25) is 0 Å². The second-order valence-corrected chi connectivity index (χ2v) is 11.6. The standard InChI is InChI=1S/C28H27FN4OS/c1-19-14-26-21(16-30-33(26)23-10-8-22(29)9-11-23)15-24(19)28-18-32(35(34)31-12-5-13-31)17-25(28)27(28)20-6-3-2-4-7-20/h2-4,6-11,14-16,25,27H,5,12-13,17-18H2,1H3. The number of rotatable bonds is 5. The van der Waals surface area contributed by atoms with Crippen LogP contribution in [0.1, 0.15) is 29.0 Å². The van der Waals surface area contributed by atoms with Gasteiger partial charge in [0, 0.05) is 42.9 Å². The first kappa shape index (κ1) is 21.4. The maximum atomic E-state index is 13.5. The van der Waals surface area contributed by atoms with Gasteiger partial charge in [0.1, 0.15) is 5.82 Å². The minimum atomic E-state index is -1.05. The molecule has 7 heteroatoms. The Morgan fingerprint density at radius 2 is 1.80 bits per heavy atom. The number of benzene rings is 3. The Bertz CT molecular complexity index is 1450. The maximum Gasteiger partial charge on any atom is 0.172 e. The number of hydrogen-bond donors (Lipinski definition) is 0. The molecule has 0 spiro atoms. The Balaban J connectivity index is 1.31. The van der Waals surface area contributed by atoms with Gasteiger partial charge >= 0.3 is 0 Å². The van der Waals surface area contributed by atoms with Gasteiger partial charge in [0.05, 0.1) is 17.4 Å². The molecular formula is C28H27FN4OS. The summed E-state index contributed by atoms with van der Waals surface area (Å²) in [5.41, 5.74) is 5.75. The van der Waals surface area contributed by atoms with Gasteiger partial charge in [0.25, 0.3) is 0 Å². The number of nitrogens with zero attached hydrogens (tertiary/aromatic N) is 4. The van der Waals surface area contributed by atoms with Crippen LogP contribution < -0.4 is 0 Å². The van der Waals surface area contributed by atoms with E-state index in [1.807, 2.05) is 10.9 Å². The van der Waals surface area contributed by atoms with E-state index in [1.165, 1.54) is 28.8 Å². The molecule has 4 unspecified atom stereocenters. The Morgan fingerprint density at radius 1 is 1.03 bits per heavy atom. The number of fused-ring (bicyclic) bond motifs is 2. The smallest absolute Gasteiger partial charge is 0.172 e. The van der Waals surface area contributed by atoms with Gasteiger partial charge in [0.15, 0.2) is 11.2 Å². The predicted molar refractivity (Wildman–Crippen MR) is 136 cm³/mol. The molecule has 3 heterocycles. The molecule has 1 aromatic heterocycles. The van der Waals surface area contributed by atoms with E-state index < -0.39 is 11.2 Å². The molecule has 4 aromatic rings. The molecule has 178 valence electrons. The van der Waals surface area contributed by atoms with Crippen molar-refractivity contribution in [3.05, 3.63) is 95.4 Å². The third kappa shape index (κ3) is 3.18. The van der Waals surface area contributed by atoms with E-state index in [9.17, 15) is 8.60 Å². The average Bonchev–Trinajstić information content (AvgIpc) is 3.10. The molecule has 0 radical (unpaired) electrons. The molecule has 4 atom stereocenters. The van der Waals surface area contributed by atoms with E-state index in [0.29, 0.717) is 11.8 Å². The van der Waals surface area contributed by atoms with Gasteiger partial charge in [-0.05, 0) is 72.4 Å². The van der Waals surface area contributed by atoms with Crippen molar-refractivity contribution in [1.82, 2.24) is 18.4 Å². The van der Waals surface area contributed by atoms with Crippen molar-refractivity contribution in [3.8, 4) is 5.69 Å². The maximum absolute atomic E-state index is 13.5. The molecule has 2 saturated heterocycles. The van der Waals surface area contributed by atoms with Crippen LogP contribution in [0.4, 0.5) is 4.39 Å². The Labute approximate surface area is 206 Å². The van der Waals surface area contributed by atoms with E-state index in [2.05, 4.69) is 63.1 Å². The first-order valence-corrected chi connectivity index (χ1v) is 13.3. The Hall–Kier alpha value is -2.87. The van der Waals surface area contributed by atoms with E-state index in [4.69, 9.17) is 0 Å². The summed E-state index contributed by atoms with van der Waals surface area (Å²) in [5.74, 6) is 0.617. The first-order valence-electron chi connectivity index (χ1n) is 12.3. The fraction of sp³-hybridized carbons (Fsp3) is 0.321. The second kappa shape index (κ2) is 7.82. The van der Waals surface area contributed by atoms with Gasteiger partial charge in [-0.1, -0.05) is 30.3 Å². The van der Waals surface area contributed by atoms with Crippen molar-refractivity contribution in [2.24, 2.45) is 5.92 Å². The molecule has 3 fully saturated rings. The molecule has 2 aliphatic heterocycles. The second-order valence-electron chi connectivity index (χ2n) is 10.1.